The van der Waals surface area contributed by atoms with Crippen LogP contribution in [-0.4, -0.2) is 28.8 Å². The Bertz CT molecular complexity index is 328. The van der Waals surface area contributed by atoms with E-state index in [0.717, 1.165) is 5.69 Å². The van der Waals surface area contributed by atoms with Crippen molar-refractivity contribution >= 4 is 5.69 Å². The smallest absolute Gasteiger partial charge is 0.0784 e. The normalized spacial score (nSPS) is 18.9. The van der Waals surface area contributed by atoms with Crippen LogP contribution in [0.2, 0.25) is 0 Å². The highest BCUT2D eigenvalue weighted by molar-refractivity contribution is 5.50. The highest BCUT2D eigenvalue weighted by Gasteiger charge is 2.27. The molecule has 4 heteroatoms. The van der Waals surface area contributed by atoms with E-state index in [1.165, 1.54) is 31.4 Å². The van der Waals surface area contributed by atoms with Gasteiger partial charge in [0.25, 0.3) is 0 Å². The molecule has 1 atom stereocenters. The highest BCUT2D eigenvalue weighted by atomic mass is 15.2. The van der Waals surface area contributed by atoms with Crippen molar-refractivity contribution in [2.24, 2.45) is 5.73 Å². The van der Waals surface area contributed by atoms with Crippen LogP contribution in [0.5, 0.6) is 0 Å². The molecule has 90 valence electrons. The van der Waals surface area contributed by atoms with E-state index < -0.39 is 0 Å². The minimum Gasteiger partial charge on any atom is -0.362 e. The lowest BCUT2D eigenvalue weighted by Gasteiger charge is -2.35. The Kier molecular flexibility index (Phi) is 3.49. The van der Waals surface area contributed by atoms with Gasteiger partial charge in [0, 0.05) is 18.6 Å². The fraction of sp³-hybridized carbons (Fsp3) is 0.750. The van der Waals surface area contributed by atoms with E-state index in [9.17, 15) is 0 Å². The van der Waals surface area contributed by atoms with Crippen LogP contribution >= 0.6 is 0 Å². The number of rotatable bonds is 4. The van der Waals surface area contributed by atoms with Crippen LogP contribution in [0.4, 0.5) is 5.69 Å². The first-order valence-electron chi connectivity index (χ1n) is 6.22. The minimum absolute atomic E-state index is 0.388. The average Bonchev–Trinajstić information content (AvgIpc) is 2.92. The summed E-state index contributed by atoms with van der Waals surface area (Å²) in [7, 11) is 0. The van der Waals surface area contributed by atoms with Crippen LogP contribution in [0.1, 0.15) is 38.3 Å². The van der Waals surface area contributed by atoms with E-state index in [1.54, 1.807) is 0 Å². The predicted octanol–water partition coefficient (Wildman–Crippen LogP) is 1.81. The summed E-state index contributed by atoms with van der Waals surface area (Å²) in [5.74, 6) is 0. The standard InChI is InChI=1S/C12H22N4/c1-9(7-13)16(11-5-3-4-6-11)12-8-14-15-10(12)2/h8-9,11H,3-7,13H2,1-2H3,(H,14,15). The molecule has 1 aliphatic rings. The van der Waals surface area contributed by atoms with Crippen molar-refractivity contribution in [1.82, 2.24) is 10.2 Å². The van der Waals surface area contributed by atoms with Crippen molar-refractivity contribution in [3.8, 4) is 0 Å². The van der Waals surface area contributed by atoms with Crippen LogP contribution < -0.4 is 10.6 Å². The number of nitrogens with zero attached hydrogens (tertiary/aromatic N) is 2. The van der Waals surface area contributed by atoms with E-state index in [-0.39, 0.29) is 0 Å². The molecule has 1 heterocycles. The maximum Gasteiger partial charge on any atom is 0.0784 e. The first-order chi connectivity index (χ1) is 7.74. The van der Waals surface area contributed by atoms with E-state index in [1.807, 2.05) is 6.20 Å². The van der Waals surface area contributed by atoms with Gasteiger partial charge in [0.2, 0.25) is 0 Å². The summed E-state index contributed by atoms with van der Waals surface area (Å²) in [5.41, 5.74) is 8.20. The van der Waals surface area contributed by atoms with Gasteiger partial charge in [0.1, 0.15) is 0 Å². The zero-order valence-electron chi connectivity index (χ0n) is 10.2. The van der Waals surface area contributed by atoms with Crippen LogP contribution in [0.25, 0.3) is 0 Å². The lowest BCUT2D eigenvalue weighted by atomic mass is 10.1. The molecule has 1 saturated carbocycles. The van der Waals surface area contributed by atoms with Gasteiger partial charge in [-0.2, -0.15) is 5.10 Å². The topological polar surface area (TPSA) is 57.9 Å². The van der Waals surface area contributed by atoms with Gasteiger partial charge in [-0.1, -0.05) is 12.8 Å². The fourth-order valence-electron chi connectivity index (χ4n) is 2.69. The second-order valence-electron chi connectivity index (χ2n) is 4.81. The Hall–Kier alpha value is -1.03. The van der Waals surface area contributed by atoms with Crippen molar-refractivity contribution in [1.29, 1.82) is 0 Å². The summed E-state index contributed by atoms with van der Waals surface area (Å²) in [4.78, 5) is 2.46. The molecule has 0 amide bonds. The van der Waals surface area contributed by atoms with E-state index in [0.29, 0.717) is 18.6 Å². The quantitative estimate of drug-likeness (QED) is 0.817. The SMILES string of the molecule is Cc1[nH]ncc1N(C(C)CN)C1CCCC1. The van der Waals surface area contributed by atoms with Gasteiger partial charge in [0.15, 0.2) is 0 Å². The van der Waals surface area contributed by atoms with Crippen LogP contribution in [0, 0.1) is 6.92 Å². The molecule has 0 aromatic carbocycles. The summed E-state index contributed by atoms with van der Waals surface area (Å²) in [6.07, 6.45) is 7.19. The Morgan fingerprint density at radius 3 is 2.75 bits per heavy atom. The number of nitrogens with two attached hydrogens (primary N) is 1. The Morgan fingerprint density at radius 2 is 2.25 bits per heavy atom. The minimum atomic E-state index is 0.388. The summed E-state index contributed by atoms with van der Waals surface area (Å²) in [6.45, 7) is 4.97. The number of H-pyrrole nitrogens is 1. The van der Waals surface area contributed by atoms with Crippen molar-refractivity contribution in [2.45, 2.75) is 51.6 Å². The second kappa shape index (κ2) is 4.87. The maximum absolute atomic E-state index is 5.82. The molecule has 16 heavy (non-hydrogen) atoms. The largest absolute Gasteiger partial charge is 0.362 e. The molecule has 1 unspecified atom stereocenters. The molecule has 1 aromatic rings. The summed E-state index contributed by atoms with van der Waals surface area (Å²) >= 11 is 0. The van der Waals surface area contributed by atoms with Gasteiger partial charge in [0.05, 0.1) is 17.6 Å². The Balaban J connectivity index is 2.23. The number of hydrogen-bond donors (Lipinski definition) is 2. The van der Waals surface area contributed by atoms with Gasteiger partial charge in [-0.05, 0) is 26.7 Å². The van der Waals surface area contributed by atoms with Gasteiger partial charge in [-0.15, -0.1) is 0 Å². The lowest BCUT2D eigenvalue weighted by molar-refractivity contribution is 0.534. The number of aromatic amines is 1. The Morgan fingerprint density at radius 1 is 1.56 bits per heavy atom. The molecule has 0 spiro atoms. The van der Waals surface area contributed by atoms with Crippen LogP contribution in [0.3, 0.4) is 0 Å². The molecule has 4 nitrogen and oxygen atoms in total. The number of aryl methyl sites for hydroxylation is 1. The molecule has 1 aliphatic carbocycles. The third-order valence-electron chi connectivity index (χ3n) is 3.62. The monoisotopic (exact) mass is 222 g/mol. The number of aromatic nitrogens is 2. The Labute approximate surface area is 97.2 Å². The van der Waals surface area contributed by atoms with Crippen LogP contribution in [0.15, 0.2) is 6.20 Å². The summed E-state index contributed by atoms with van der Waals surface area (Å²) in [6, 6.07) is 1.04. The van der Waals surface area contributed by atoms with Gasteiger partial charge >= 0.3 is 0 Å². The molecule has 0 bridgehead atoms. The van der Waals surface area contributed by atoms with Crippen molar-refractivity contribution in [2.75, 3.05) is 11.4 Å². The summed E-state index contributed by atoms with van der Waals surface area (Å²) in [5, 5.41) is 7.14. The van der Waals surface area contributed by atoms with Crippen molar-refractivity contribution < 1.29 is 0 Å². The second-order valence-corrected chi connectivity index (χ2v) is 4.81. The molecule has 0 radical (unpaired) electrons. The zero-order chi connectivity index (χ0) is 11.5. The van der Waals surface area contributed by atoms with Gasteiger partial charge in [-0.25, -0.2) is 0 Å². The van der Waals surface area contributed by atoms with Gasteiger partial charge in [-0.3, -0.25) is 5.10 Å². The average molecular weight is 222 g/mol. The van der Waals surface area contributed by atoms with E-state index in [2.05, 4.69) is 28.9 Å². The van der Waals surface area contributed by atoms with E-state index >= 15 is 0 Å². The molecule has 1 fully saturated rings. The molecule has 2 rings (SSSR count). The predicted molar refractivity (Wildman–Crippen MR) is 66.6 cm³/mol. The highest BCUT2D eigenvalue weighted by Crippen LogP contribution is 2.30. The first-order valence-corrected chi connectivity index (χ1v) is 6.22. The number of hydrogen-bond acceptors (Lipinski definition) is 3. The van der Waals surface area contributed by atoms with Gasteiger partial charge < -0.3 is 10.6 Å². The fourth-order valence-corrected chi connectivity index (χ4v) is 2.69. The lowest BCUT2D eigenvalue weighted by Crippen LogP contribution is -2.44. The van der Waals surface area contributed by atoms with Crippen molar-refractivity contribution in [3.63, 3.8) is 0 Å². The van der Waals surface area contributed by atoms with Crippen LogP contribution in [-0.2, 0) is 0 Å². The third kappa shape index (κ3) is 2.07. The molecule has 3 N–H and O–H groups in total. The summed E-state index contributed by atoms with van der Waals surface area (Å²) < 4.78 is 0. The zero-order valence-corrected chi connectivity index (χ0v) is 10.2. The first kappa shape index (κ1) is 11.5. The number of anilines is 1. The maximum atomic E-state index is 5.82. The number of nitrogens with one attached hydrogen (secondary N) is 1. The molecule has 0 saturated heterocycles. The molecule has 1 aromatic heterocycles. The molecular formula is C12H22N4. The van der Waals surface area contributed by atoms with E-state index in [4.69, 9.17) is 5.73 Å². The third-order valence-corrected chi connectivity index (χ3v) is 3.62. The van der Waals surface area contributed by atoms with Crippen molar-refractivity contribution in [3.05, 3.63) is 11.9 Å². The molecule has 0 aliphatic heterocycles. The molecular weight excluding hydrogens is 200 g/mol.